The van der Waals surface area contributed by atoms with Gasteiger partial charge in [-0.05, 0) is 60.4 Å². The predicted octanol–water partition coefficient (Wildman–Crippen LogP) is 5.05. The first-order valence-electron chi connectivity index (χ1n) is 10.9. The van der Waals surface area contributed by atoms with Crippen LogP contribution in [-0.2, 0) is 24.1 Å². The van der Waals surface area contributed by atoms with Crippen LogP contribution in [-0.4, -0.2) is 40.6 Å². The van der Waals surface area contributed by atoms with E-state index in [1.54, 1.807) is 18.2 Å². The van der Waals surface area contributed by atoms with Gasteiger partial charge >= 0.3 is 5.97 Å². The summed E-state index contributed by atoms with van der Waals surface area (Å²) in [5.74, 6) is -0.568. The van der Waals surface area contributed by atoms with E-state index in [9.17, 15) is 14.7 Å². The number of carbonyl (C=O) groups excluding carboxylic acids is 1. The van der Waals surface area contributed by atoms with Crippen LogP contribution in [0.1, 0.15) is 34.0 Å². The molecule has 33 heavy (non-hydrogen) atoms. The summed E-state index contributed by atoms with van der Waals surface area (Å²) in [4.78, 5) is 26.0. The number of carboxylic acid groups (broad SMARTS) is 1. The molecule has 0 radical (unpaired) electrons. The van der Waals surface area contributed by atoms with Gasteiger partial charge < -0.3 is 14.7 Å². The Labute approximate surface area is 198 Å². The van der Waals surface area contributed by atoms with Gasteiger partial charge in [0.15, 0.2) is 0 Å². The van der Waals surface area contributed by atoms with Gasteiger partial charge in [0.2, 0.25) is 0 Å². The molecule has 0 aromatic heterocycles. The predicted molar refractivity (Wildman–Crippen MR) is 128 cm³/mol. The molecule has 170 valence electrons. The second kappa shape index (κ2) is 9.67. The van der Waals surface area contributed by atoms with Gasteiger partial charge in [0.05, 0.1) is 0 Å². The summed E-state index contributed by atoms with van der Waals surface area (Å²) in [6.07, 6.45) is 1.99. The number of hydrogen-bond donors (Lipinski definition) is 1. The smallest absolute Gasteiger partial charge is 0.323 e. The van der Waals surface area contributed by atoms with Crippen LogP contribution < -0.4 is 4.74 Å². The first-order chi connectivity index (χ1) is 15.8. The Bertz CT molecular complexity index is 1150. The molecule has 0 spiro atoms. The Hall–Kier alpha value is -3.31. The number of ether oxygens (including phenoxy) is 1. The molecule has 1 amide bonds. The lowest BCUT2D eigenvalue weighted by atomic mass is 9.91. The number of carbonyl (C=O) groups is 2. The number of halogens is 1. The van der Waals surface area contributed by atoms with Gasteiger partial charge in [-0.2, -0.15) is 0 Å². The average molecular weight is 464 g/mol. The lowest BCUT2D eigenvalue weighted by molar-refractivity contribution is -0.137. The Balaban J connectivity index is 1.48. The molecule has 3 aromatic rings. The first kappa shape index (κ1) is 22.9. The lowest BCUT2D eigenvalue weighted by Gasteiger charge is -2.24. The summed E-state index contributed by atoms with van der Waals surface area (Å²) < 4.78 is 6.24. The van der Waals surface area contributed by atoms with Crippen molar-refractivity contribution in [1.29, 1.82) is 0 Å². The van der Waals surface area contributed by atoms with E-state index in [2.05, 4.69) is 19.1 Å². The quantitative estimate of drug-likeness (QED) is 0.508. The van der Waals surface area contributed by atoms with E-state index in [1.165, 1.54) is 10.5 Å². The number of benzene rings is 3. The van der Waals surface area contributed by atoms with Gasteiger partial charge in [-0.15, -0.1) is 0 Å². The minimum atomic E-state index is -1.04. The van der Waals surface area contributed by atoms with Crippen molar-refractivity contribution in [1.82, 2.24) is 4.90 Å². The van der Waals surface area contributed by atoms with Gasteiger partial charge in [-0.3, -0.25) is 9.59 Å². The highest BCUT2D eigenvalue weighted by atomic mass is 35.5. The van der Waals surface area contributed by atoms with Crippen LogP contribution in [0.3, 0.4) is 0 Å². The molecule has 0 saturated carbocycles. The Morgan fingerprint density at radius 3 is 2.45 bits per heavy atom. The zero-order chi connectivity index (χ0) is 23.4. The van der Waals surface area contributed by atoms with Crippen LogP contribution in [0, 0.1) is 0 Å². The number of rotatable bonds is 8. The third-order valence-electron chi connectivity index (χ3n) is 5.85. The van der Waals surface area contributed by atoms with Crippen LogP contribution >= 0.6 is 11.6 Å². The first-order valence-corrected chi connectivity index (χ1v) is 11.3. The van der Waals surface area contributed by atoms with Crippen LogP contribution in [0.5, 0.6) is 5.75 Å². The average Bonchev–Trinajstić information content (AvgIpc) is 3.12. The number of fused-ring (bicyclic) bond motifs is 1. The molecular formula is C27H26ClNO4. The van der Waals surface area contributed by atoms with Crippen molar-refractivity contribution < 1.29 is 19.4 Å². The SMILES string of the molecule is C[C@@]1(Cc2ccccc2)Cc2cc(C(=O)N(CCc3ccc(Cl)cc3)CC(=O)O)ccc2O1. The maximum atomic E-state index is 13.2. The van der Waals surface area contributed by atoms with Gasteiger partial charge in [0, 0.05) is 30.0 Å². The Morgan fingerprint density at radius 1 is 1.03 bits per heavy atom. The van der Waals surface area contributed by atoms with Gasteiger partial charge in [-0.25, -0.2) is 0 Å². The van der Waals surface area contributed by atoms with Gasteiger partial charge in [-0.1, -0.05) is 54.1 Å². The van der Waals surface area contributed by atoms with Crippen molar-refractivity contribution in [2.75, 3.05) is 13.1 Å². The van der Waals surface area contributed by atoms with Crippen LogP contribution in [0.25, 0.3) is 0 Å². The summed E-state index contributed by atoms with van der Waals surface area (Å²) in [6, 6.07) is 22.9. The van der Waals surface area contributed by atoms with E-state index in [-0.39, 0.29) is 18.1 Å². The van der Waals surface area contributed by atoms with Crippen LogP contribution in [0.4, 0.5) is 0 Å². The highest BCUT2D eigenvalue weighted by Gasteiger charge is 2.35. The molecular weight excluding hydrogens is 438 g/mol. The molecule has 0 bridgehead atoms. The fraction of sp³-hybridized carbons (Fsp3) is 0.259. The molecule has 1 heterocycles. The van der Waals surface area contributed by atoms with Gasteiger partial charge in [0.25, 0.3) is 5.91 Å². The standard InChI is InChI=1S/C27H26ClNO4/c1-27(16-20-5-3-2-4-6-20)17-22-15-21(9-12-24(22)33-27)26(32)29(18-25(30)31)14-13-19-7-10-23(28)11-8-19/h2-12,15H,13-14,16-18H2,1H3,(H,30,31)/t27-/m1/s1. The van der Waals surface area contributed by atoms with E-state index in [1.807, 2.05) is 42.5 Å². The number of carboxylic acids is 1. The zero-order valence-electron chi connectivity index (χ0n) is 18.5. The second-order valence-corrected chi connectivity index (χ2v) is 9.15. The highest BCUT2D eigenvalue weighted by Crippen LogP contribution is 2.37. The third kappa shape index (κ3) is 5.74. The minimum Gasteiger partial charge on any atom is -0.487 e. The summed E-state index contributed by atoms with van der Waals surface area (Å²) in [6.45, 7) is 2.02. The molecule has 1 N–H and O–H groups in total. The zero-order valence-corrected chi connectivity index (χ0v) is 19.2. The van der Waals surface area contributed by atoms with Crippen molar-refractivity contribution in [2.24, 2.45) is 0 Å². The van der Waals surface area contributed by atoms with Crippen LogP contribution in [0.2, 0.25) is 5.02 Å². The molecule has 1 aliphatic rings. The largest absolute Gasteiger partial charge is 0.487 e. The summed E-state index contributed by atoms with van der Waals surface area (Å²) >= 11 is 5.93. The number of amides is 1. The molecule has 4 rings (SSSR count). The highest BCUT2D eigenvalue weighted by molar-refractivity contribution is 6.30. The third-order valence-corrected chi connectivity index (χ3v) is 6.10. The van der Waals surface area contributed by atoms with Crippen molar-refractivity contribution in [3.05, 3.63) is 100 Å². The van der Waals surface area contributed by atoms with Crippen molar-refractivity contribution in [3.63, 3.8) is 0 Å². The number of nitrogens with zero attached hydrogens (tertiary/aromatic N) is 1. The van der Waals surface area contributed by atoms with Gasteiger partial charge in [0.1, 0.15) is 17.9 Å². The fourth-order valence-electron chi connectivity index (χ4n) is 4.29. The Kier molecular flexibility index (Phi) is 6.70. The number of aliphatic carboxylic acids is 1. The van der Waals surface area contributed by atoms with Crippen molar-refractivity contribution >= 4 is 23.5 Å². The summed E-state index contributed by atoms with van der Waals surface area (Å²) in [7, 11) is 0. The molecule has 1 atom stereocenters. The summed E-state index contributed by atoms with van der Waals surface area (Å²) in [5.41, 5.74) is 3.23. The van der Waals surface area contributed by atoms with Crippen LogP contribution in [0.15, 0.2) is 72.8 Å². The molecule has 1 aliphatic heterocycles. The molecule has 0 aliphatic carbocycles. The second-order valence-electron chi connectivity index (χ2n) is 8.71. The van der Waals surface area contributed by atoms with Crippen molar-refractivity contribution in [2.45, 2.75) is 31.8 Å². The minimum absolute atomic E-state index is 0.298. The van der Waals surface area contributed by atoms with E-state index in [0.717, 1.165) is 23.3 Å². The molecule has 6 heteroatoms. The maximum absolute atomic E-state index is 13.2. The Morgan fingerprint density at radius 2 is 1.76 bits per heavy atom. The normalized spacial score (nSPS) is 16.7. The molecule has 0 fully saturated rings. The molecule has 0 unspecified atom stereocenters. The molecule has 3 aromatic carbocycles. The number of hydrogen-bond acceptors (Lipinski definition) is 3. The van der Waals surface area contributed by atoms with E-state index < -0.39 is 5.97 Å². The topological polar surface area (TPSA) is 66.8 Å². The summed E-state index contributed by atoms with van der Waals surface area (Å²) in [5, 5.41) is 9.98. The molecule has 0 saturated heterocycles. The van der Waals surface area contributed by atoms with E-state index in [0.29, 0.717) is 30.0 Å². The fourth-order valence-corrected chi connectivity index (χ4v) is 4.42. The molecule has 5 nitrogen and oxygen atoms in total. The lowest BCUT2D eigenvalue weighted by Crippen LogP contribution is -2.37. The van der Waals surface area contributed by atoms with Crippen molar-refractivity contribution in [3.8, 4) is 5.75 Å². The van der Waals surface area contributed by atoms with E-state index in [4.69, 9.17) is 16.3 Å². The van der Waals surface area contributed by atoms with E-state index >= 15 is 0 Å². The monoisotopic (exact) mass is 463 g/mol. The maximum Gasteiger partial charge on any atom is 0.323 e.